The van der Waals surface area contributed by atoms with Crippen LogP contribution in [0.1, 0.15) is 42.8 Å². The summed E-state index contributed by atoms with van der Waals surface area (Å²) in [6.45, 7) is 1.54. The predicted octanol–water partition coefficient (Wildman–Crippen LogP) is 4.93. The van der Waals surface area contributed by atoms with Crippen molar-refractivity contribution in [2.24, 2.45) is 5.73 Å². The Kier molecular flexibility index (Phi) is 5.21. The molecule has 142 valence electrons. The van der Waals surface area contributed by atoms with Crippen LogP contribution in [0.15, 0.2) is 41.2 Å². The van der Waals surface area contributed by atoms with E-state index in [-0.39, 0.29) is 27.4 Å². The highest BCUT2D eigenvalue weighted by Crippen LogP contribution is 2.30. The van der Waals surface area contributed by atoms with Crippen molar-refractivity contribution in [3.8, 4) is 5.69 Å². The van der Waals surface area contributed by atoms with Crippen LogP contribution in [-0.2, 0) is 0 Å². The van der Waals surface area contributed by atoms with E-state index in [2.05, 4.69) is 4.98 Å². The first-order chi connectivity index (χ1) is 12.7. The molecule has 0 aliphatic rings. The number of hydrogen-bond donors (Lipinski definition) is 1. The fourth-order valence-electron chi connectivity index (χ4n) is 2.80. The van der Waals surface area contributed by atoms with Crippen molar-refractivity contribution in [1.82, 2.24) is 9.55 Å². The van der Waals surface area contributed by atoms with E-state index in [9.17, 15) is 22.4 Å². The van der Waals surface area contributed by atoms with Crippen molar-refractivity contribution < 1.29 is 17.6 Å². The lowest BCUT2D eigenvalue weighted by Gasteiger charge is -2.18. The van der Waals surface area contributed by atoms with Gasteiger partial charge in [0.05, 0.1) is 27.7 Å². The predicted molar refractivity (Wildman–Crippen MR) is 94.9 cm³/mol. The van der Waals surface area contributed by atoms with Gasteiger partial charge in [0, 0.05) is 11.1 Å². The molecule has 3 rings (SSSR count). The fraction of sp³-hybridized carbons (Fsp3) is 0.222. The maximum Gasteiger partial charge on any atom is 0.267 e. The summed E-state index contributed by atoms with van der Waals surface area (Å²) in [5.41, 5.74) is 4.05. The molecule has 1 aromatic heterocycles. The summed E-state index contributed by atoms with van der Waals surface area (Å²) in [6, 6.07) is 6.49. The molecular formula is C18H14ClF4N3O. The lowest BCUT2D eigenvalue weighted by Crippen LogP contribution is -2.28. The number of rotatable bonds is 4. The zero-order chi connectivity index (χ0) is 19.9. The Balaban J connectivity index is 2.43. The first-order valence-electron chi connectivity index (χ1n) is 7.89. The van der Waals surface area contributed by atoms with Crippen LogP contribution < -0.4 is 11.3 Å². The average Bonchev–Trinajstić information content (AvgIpc) is 2.60. The van der Waals surface area contributed by atoms with Crippen molar-refractivity contribution in [3.05, 3.63) is 68.7 Å². The van der Waals surface area contributed by atoms with E-state index in [0.29, 0.717) is 6.07 Å². The standard InChI is InChI=1S/C18H14ClF4N3O/c1-8(24)17-25-13-4-2-3-12(19)14(13)18(27)26(17)11-6-9(15(20)21)5-10(7-11)16(22)23/h2-8,15-16H,24H2,1H3/t8-/m0/s1. The monoisotopic (exact) mass is 399 g/mol. The van der Waals surface area contributed by atoms with Crippen LogP contribution in [0.3, 0.4) is 0 Å². The number of benzene rings is 2. The molecule has 0 spiro atoms. The Hall–Kier alpha value is -2.45. The minimum Gasteiger partial charge on any atom is -0.322 e. The van der Waals surface area contributed by atoms with Gasteiger partial charge in [-0.3, -0.25) is 9.36 Å². The van der Waals surface area contributed by atoms with Gasteiger partial charge in [0.15, 0.2) is 0 Å². The van der Waals surface area contributed by atoms with E-state index in [0.717, 1.165) is 16.7 Å². The minimum absolute atomic E-state index is 0.0430. The van der Waals surface area contributed by atoms with Crippen molar-refractivity contribution in [1.29, 1.82) is 0 Å². The molecule has 27 heavy (non-hydrogen) atoms. The number of alkyl halides is 4. The molecule has 0 radical (unpaired) electrons. The maximum atomic E-state index is 13.2. The third-order valence-corrected chi connectivity index (χ3v) is 4.32. The molecule has 1 atom stereocenters. The van der Waals surface area contributed by atoms with Crippen LogP contribution in [-0.4, -0.2) is 9.55 Å². The van der Waals surface area contributed by atoms with Crippen LogP contribution in [0.25, 0.3) is 16.6 Å². The highest BCUT2D eigenvalue weighted by Gasteiger charge is 2.21. The van der Waals surface area contributed by atoms with Gasteiger partial charge in [-0.25, -0.2) is 22.5 Å². The van der Waals surface area contributed by atoms with Gasteiger partial charge in [-0.2, -0.15) is 0 Å². The Morgan fingerprint density at radius 1 is 1.07 bits per heavy atom. The van der Waals surface area contributed by atoms with E-state index in [1.807, 2.05) is 0 Å². The van der Waals surface area contributed by atoms with E-state index in [1.165, 1.54) is 6.07 Å². The molecule has 0 aliphatic carbocycles. The topological polar surface area (TPSA) is 60.9 Å². The van der Waals surface area contributed by atoms with E-state index in [4.69, 9.17) is 17.3 Å². The largest absolute Gasteiger partial charge is 0.322 e. The molecule has 0 fully saturated rings. The first-order valence-corrected chi connectivity index (χ1v) is 8.26. The molecule has 9 heteroatoms. The number of nitrogens with two attached hydrogens (primary N) is 1. The summed E-state index contributed by atoms with van der Waals surface area (Å²) >= 11 is 6.09. The van der Waals surface area contributed by atoms with Gasteiger partial charge >= 0.3 is 0 Å². The van der Waals surface area contributed by atoms with Crippen LogP contribution >= 0.6 is 11.6 Å². The zero-order valence-electron chi connectivity index (χ0n) is 14.0. The summed E-state index contributed by atoms with van der Waals surface area (Å²) in [7, 11) is 0. The molecule has 2 aromatic carbocycles. The zero-order valence-corrected chi connectivity index (χ0v) is 14.7. The summed E-state index contributed by atoms with van der Waals surface area (Å²) < 4.78 is 53.7. The highest BCUT2D eigenvalue weighted by molar-refractivity contribution is 6.35. The summed E-state index contributed by atoms with van der Waals surface area (Å²) in [5.74, 6) is 0.0430. The third-order valence-electron chi connectivity index (χ3n) is 4.00. The van der Waals surface area contributed by atoms with Gasteiger partial charge in [0.2, 0.25) is 0 Å². The van der Waals surface area contributed by atoms with Gasteiger partial charge in [-0.15, -0.1) is 0 Å². The quantitative estimate of drug-likeness (QED) is 0.632. The molecule has 0 unspecified atom stereocenters. The Labute approximate surface area is 156 Å². The Morgan fingerprint density at radius 2 is 1.67 bits per heavy atom. The number of halogens is 5. The van der Waals surface area contributed by atoms with Crippen LogP contribution in [0.4, 0.5) is 17.6 Å². The molecule has 3 aromatic rings. The Morgan fingerprint density at radius 3 is 2.19 bits per heavy atom. The molecule has 0 amide bonds. The van der Waals surface area contributed by atoms with Gasteiger partial charge in [0.1, 0.15) is 5.82 Å². The van der Waals surface area contributed by atoms with Gasteiger partial charge in [0.25, 0.3) is 18.4 Å². The molecule has 0 aliphatic heterocycles. The summed E-state index contributed by atoms with van der Waals surface area (Å²) in [4.78, 5) is 17.3. The van der Waals surface area contributed by atoms with Crippen molar-refractivity contribution in [3.63, 3.8) is 0 Å². The van der Waals surface area contributed by atoms with Gasteiger partial charge in [-0.1, -0.05) is 17.7 Å². The lowest BCUT2D eigenvalue weighted by molar-refractivity contribution is 0.144. The second-order valence-corrected chi connectivity index (χ2v) is 6.40. The van der Waals surface area contributed by atoms with Gasteiger partial charge in [-0.05, 0) is 37.3 Å². The Bertz CT molecular complexity index is 1040. The maximum absolute atomic E-state index is 13.2. The number of fused-ring (bicyclic) bond motifs is 1. The third kappa shape index (κ3) is 3.54. The lowest BCUT2D eigenvalue weighted by atomic mass is 10.1. The second kappa shape index (κ2) is 7.28. The van der Waals surface area contributed by atoms with Crippen LogP contribution in [0.5, 0.6) is 0 Å². The van der Waals surface area contributed by atoms with Crippen molar-refractivity contribution >= 4 is 22.5 Å². The molecule has 4 nitrogen and oxygen atoms in total. The first kappa shape index (κ1) is 19.3. The molecule has 0 bridgehead atoms. The van der Waals surface area contributed by atoms with Crippen LogP contribution in [0, 0.1) is 0 Å². The average molecular weight is 400 g/mol. The smallest absolute Gasteiger partial charge is 0.267 e. The molecular weight excluding hydrogens is 386 g/mol. The molecule has 1 heterocycles. The van der Waals surface area contributed by atoms with Gasteiger partial charge < -0.3 is 5.73 Å². The number of nitrogens with zero attached hydrogens (tertiary/aromatic N) is 2. The summed E-state index contributed by atoms with van der Waals surface area (Å²) in [6.07, 6.45) is -5.98. The fourth-order valence-corrected chi connectivity index (χ4v) is 3.05. The minimum atomic E-state index is -2.99. The normalized spacial score (nSPS) is 12.9. The van der Waals surface area contributed by atoms with Crippen molar-refractivity contribution in [2.75, 3.05) is 0 Å². The van der Waals surface area contributed by atoms with E-state index < -0.39 is 35.6 Å². The van der Waals surface area contributed by atoms with E-state index in [1.54, 1.807) is 19.1 Å². The molecule has 0 saturated carbocycles. The SMILES string of the molecule is C[C@H](N)c1nc2cccc(Cl)c2c(=O)n1-c1cc(C(F)F)cc(C(F)F)c1. The van der Waals surface area contributed by atoms with Crippen LogP contribution in [0.2, 0.25) is 5.02 Å². The number of aromatic nitrogens is 2. The highest BCUT2D eigenvalue weighted by atomic mass is 35.5. The number of hydrogen-bond acceptors (Lipinski definition) is 3. The molecule has 2 N–H and O–H groups in total. The van der Waals surface area contributed by atoms with Crippen molar-refractivity contribution in [2.45, 2.75) is 25.8 Å². The van der Waals surface area contributed by atoms with E-state index >= 15 is 0 Å². The second-order valence-electron chi connectivity index (χ2n) is 5.99. The summed E-state index contributed by atoms with van der Waals surface area (Å²) in [5, 5.41) is 0.152. The molecule has 0 saturated heterocycles.